The Balaban J connectivity index is 1.43. The molecule has 0 aromatic rings. The summed E-state index contributed by atoms with van der Waals surface area (Å²) in [5.41, 5.74) is 1.23. The smallest absolute Gasteiger partial charge is 0.0591 e. The summed E-state index contributed by atoms with van der Waals surface area (Å²) in [6, 6.07) is 0. The number of hydrogen-bond donors (Lipinski definition) is 2. The van der Waals surface area contributed by atoms with Crippen LogP contribution in [-0.2, 0) is 0 Å². The van der Waals surface area contributed by atoms with E-state index in [1.165, 1.54) is 38.5 Å². The maximum Gasteiger partial charge on any atom is 0.0591 e. The molecule has 0 bridgehead atoms. The molecule has 0 saturated heterocycles. The molecule has 2 N–H and O–H groups in total. The van der Waals surface area contributed by atoms with E-state index in [-0.39, 0.29) is 19.9 Å². The molecule has 0 aromatic carbocycles. The molecule has 0 aliphatic heterocycles. The molecule has 166 valence electrons. The zero-order valence-electron chi connectivity index (χ0n) is 21.1. The van der Waals surface area contributed by atoms with Crippen LogP contribution in [0.25, 0.3) is 0 Å². The second kappa shape index (κ2) is 7.66. The highest BCUT2D eigenvalue weighted by atomic mass is 16.3. The Morgan fingerprint density at radius 2 is 1.97 bits per heavy atom. The van der Waals surface area contributed by atoms with E-state index >= 15 is 0 Å². The Morgan fingerprint density at radius 1 is 1.17 bits per heavy atom. The lowest BCUT2D eigenvalue weighted by molar-refractivity contribution is -0.0575. The molecule has 0 aromatic heterocycles. The van der Waals surface area contributed by atoms with Gasteiger partial charge in [-0.25, -0.2) is 0 Å². The zero-order chi connectivity index (χ0) is 22.4. The number of aliphatic hydroxyl groups is 2. The molecule has 3 saturated carbocycles. The Morgan fingerprint density at radius 3 is 2.72 bits per heavy atom. The van der Waals surface area contributed by atoms with E-state index in [0.29, 0.717) is 23.2 Å². The normalized spacial score (nSPS) is 46.7. The number of rotatable bonds is 5. The van der Waals surface area contributed by atoms with Gasteiger partial charge in [0, 0.05) is 2.74 Å². The summed E-state index contributed by atoms with van der Waals surface area (Å²) in [6.07, 6.45) is 14.8. The first-order valence-corrected chi connectivity index (χ1v) is 12.4. The summed E-state index contributed by atoms with van der Waals surface area (Å²) < 4.78 is 15.1. The summed E-state index contributed by atoms with van der Waals surface area (Å²) in [4.78, 5) is 0. The number of hydrogen-bond acceptors (Lipinski definition) is 2. The predicted molar refractivity (Wildman–Crippen MR) is 121 cm³/mol. The SMILES string of the molecule is [3H]CC(O)(C[3H])CCC[C@@H](C)[C@H]1CC[C@H]2[C@@H]3CC=C4C[C@@H](O)CC[C@]4(C)[C@H]3CC[C@]12C. The quantitative estimate of drug-likeness (QED) is 0.511. The molecular weight excluding hydrogens is 356 g/mol. The lowest BCUT2D eigenvalue weighted by Crippen LogP contribution is -2.50. The number of allylic oxidation sites excluding steroid dienone is 1. The third kappa shape index (κ3) is 3.86. The fourth-order valence-electron chi connectivity index (χ4n) is 8.57. The van der Waals surface area contributed by atoms with Crippen LogP contribution >= 0.6 is 0 Å². The van der Waals surface area contributed by atoms with Gasteiger partial charge in [0.1, 0.15) is 0 Å². The van der Waals surface area contributed by atoms with Crippen LogP contribution in [0.5, 0.6) is 0 Å². The highest BCUT2D eigenvalue weighted by molar-refractivity contribution is 5.25. The van der Waals surface area contributed by atoms with Gasteiger partial charge in [0.25, 0.3) is 0 Å². The van der Waals surface area contributed by atoms with Crippen LogP contribution in [-0.4, -0.2) is 21.9 Å². The Kier molecular flexibility index (Phi) is 5.11. The van der Waals surface area contributed by atoms with Gasteiger partial charge >= 0.3 is 0 Å². The monoisotopic (exact) mass is 406 g/mol. The molecule has 4 aliphatic carbocycles. The van der Waals surface area contributed by atoms with Crippen LogP contribution in [0.1, 0.15) is 108 Å². The summed E-state index contributed by atoms with van der Waals surface area (Å²) in [5.74, 6) is 3.87. The van der Waals surface area contributed by atoms with Crippen molar-refractivity contribution in [2.45, 2.75) is 117 Å². The Bertz CT molecular complexity index is 674. The second-order valence-corrected chi connectivity index (χ2v) is 12.0. The Labute approximate surface area is 182 Å². The van der Waals surface area contributed by atoms with E-state index in [1.807, 2.05) is 0 Å². The van der Waals surface area contributed by atoms with Gasteiger partial charge in [-0.05, 0) is 112 Å². The molecule has 4 rings (SSSR count). The fourth-order valence-corrected chi connectivity index (χ4v) is 8.57. The molecule has 0 unspecified atom stereocenters. The molecule has 3 fully saturated rings. The molecule has 0 spiro atoms. The van der Waals surface area contributed by atoms with E-state index in [0.717, 1.165) is 49.4 Å². The molecule has 0 heterocycles. The van der Waals surface area contributed by atoms with Crippen LogP contribution in [0, 0.1) is 40.4 Å². The van der Waals surface area contributed by atoms with Gasteiger partial charge in [0.15, 0.2) is 0 Å². The minimum Gasteiger partial charge on any atom is -0.393 e. The van der Waals surface area contributed by atoms with Gasteiger partial charge in [-0.3, -0.25) is 0 Å². The Hall–Kier alpha value is -0.340. The van der Waals surface area contributed by atoms with Crippen molar-refractivity contribution in [2.75, 3.05) is 0 Å². The van der Waals surface area contributed by atoms with E-state index < -0.39 is 5.60 Å². The molecule has 8 atom stereocenters. The number of aliphatic hydroxyl groups excluding tert-OH is 1. The summed E-state index contributed by atoms with van der Waals surface area (Å²) in [7, 11) is 0. The van der Waals surface area contributed by atoms with Crippen LogP contribution in [0.15, 0.2) is 11.6 Å². The van der Waals surface area contributed by atoms with E-state index in [2.05, 4.69) is 26.8 Å². The van der Waals surface area contributed by atoms with Crippen LogP contribution in [0.4, 0.5) is 0 Å². The first kappa shape index (κ1) is 19.4. The van der Waals surface area contributed by atoms with E-state index in [9.17, 15) is 10.2 Å². The number of fused-ring (bicyclic) bond motifs is 5. The molecule has 0 amide bonds. The standard InChI is InChI=1S/C27H46O2/c1-18(7-6-14-25(2,3)29)22-10-11-23-21-9-8-19-17-20(28)12-15-26(19,4)24(21)13-16-27(22,23)5/h8,18,20-24,28-29H,6-7,9-17H2,1-5H3/t18-,20+,21+,22-,23+,24+,26+,27-/m1/s1/i2T,3T. The average Bonchev–Trinajstić information content (AvgIpc) is 3.11. The first-order chi connectivity index (χ1) is 14.7. The van der Waals surface area contributed by atoms with Crippen LogP contribution in [0.2, 0.25) is 0 Å². The lowest BCUT2D eigenvalue weighted by atomic mass is 9.47. The first-order valence-electron chi connectivity index (χ1n) is 13.8. The average molecular weight is 407 g/mol. The zero-order valence-corrected chi connectivity index (χ0v) is 19.1. The van der Waals surface area contributed by atoms with Gasteiger partial charge in [0.2, 0.25) is 0 Å². The van der Waals surface area contributed by atoms with Gasteiger partial charge in [-0.2, -0.15) is 0 Å². The van der Waals surface area contributed by atoms with Crippen molar-refractivity contribution in [2.24, 2.45) is 40.4 Å². The second-order valence-electron chi connectivity index (χ2n) is 12.0. The summed E-state index contributed by atoms with van der Waals surface area (Å²) >= 11 is 0. The largest absolute Gasteiger partial charge is 0.393 e. The van der Waals surface area contributed by atoms with Gasteiger partial charge in [-0.1, -0.05) is 45.3 Å². The van der Waals surface area contributed by atoms with Crippen molar-refractivity contribution >= 4 is 0 Å². The van der Waals surface area contributed by atoms with Gasteiger partial charge in [-0.15, -0.1) is 0 Å². The van der Waals surface area contributed by atoms with Crippen molar-refractivity contribution in [1.82, 2.24) is 0 Å². The molecular formula is C27H46O2. The third-order valence-corrected chi connectivity index (χ3v) is 10.1. The summed E-state index contributed by atoms with van der Waals surface area (Å²) in [5, 5.41) is 20.5. The minimum atomic E-state index is -1.10. The summed E-state index contributed by atoms with van der Waals surface area (Å²) in [6.45, 7) is 7.43. The van der Waals surface area contributed by atoms with Crippen molar-refractivity contribution in [3.63, 3.8) is 0 Å². The van der Waals surface area contributed by atoms with E-state index in [4.69, 9.17) is 2.74 Å². The fraction of sp³-hybridized carbons (Fsp3) is 0.926. The van der Waals surface area contributed by atoms with Crippen LogP contribution < -0.4 is 0 Å². The maximum atomic E-state index is 10.3. The van der Waals surface area contributed by atoms with Gasteiger partial charge < -0.3 is 10.2 Å². The minimum absolute atomic E-state index is 0.0531. The molecule has 2 nitrogen and oxygen atoms in total. The highest BCUT2D eigenvalue weighted by Crippen LogP contribution is 2.67. The highest BCUT2D eigenvalue weighted by Gasteiger charge is 2.59. The lowest BCUT2D eigenvalue weighted by Gasteiger charge is -2.58. The van der Waals surface area contributed by atoms with Crippen molar-refractivity contribution < 1.29 is 13.0 Å². The molecule has 29 heavy (non-hydrogen) atoms. The molecule has 0 radical (unpaired) electrons. The predicted octanol–water partition coefficient (Wildman–Crippen LogP) is 6.50. The van der Waals surface area contributed by atoms with Crippen molar-refractivity contribution in [1.29, 1.82) is 0 Å². The third-order valence-electron chi connectivity index (χ3n) is 10.1. The van der Waals surface area contributed by atoms with E-state index in [1.54, 1.807) is 5.57 Å². The van der Waals surface area contributed by atoms with Crippen molar-refractivity contribution in [3.8, 4) is 0 Å². The molecule has 2 heteroatoms. The van der Waals surface area contributed by atoms with Gasteiger partial charge in [0.05, 0.1) is 11.7 Å². The van der Waals surface area contributed by atoms with Crippen molar-refractivity contribution in [3.05, 3.63) is 11.6 Å². The maximum absolute atomic E-state index is 10.3. The van der Waals surface area contributed by atoms with Crippen LogP contribution in [0.3, 0.4) is 0 Å². The topological polar surface area (TPSA) is 40.5 Å². The molecule has 4 aliphatic rings.